The van der Waals surface area contributed by atoms with Crippen molar-refractivity contribution in [3.05, 3.63) is 221 Å². The number of halogens is 3. The average Bonchev–Trinajstić information content (AvgIpc) is 0.759. The van der Waals surface area contributed by atoms with Crippen molar-refractivity contribution in [2.75, 3.05) is 22.9 Å². The molecule has 97 heavy (non-hydrogen) atoms. The van der Waals surface area contributed by atoms with E-state index in [4.69, 9.17) is 49.3 Å². The van der Waals surface area contributed by atoms with E-state index >= 15 is 0 Å². The van der Waals surface area contributed by atoms with E-state index < -0.39 is 17.9 Å². The summed E-state index contributed by atoms with van der Waals surface area (Å²) < 4.78 is 6.80. The number of nitrogen functional groups attached to an aromatic ring is 4. The van der Waals surface area contributed by atoms with Crippen molar-refractivity contribution in [1.82, 2.24) is 0 Å². The lowest BCUT2D eigenvalue weighted by atomic mass is 9.98. The molecule has 0 bridgehead atoms. The SMILES string of the molecule is Nc1ccc2c(c1)c(-c1ccccc1)[n+](CCCCCC(=O)O)c1cc(N)ccc21.[Br-].[Cl-].[Cl-].[N-]=[N+]=Nc1ccc2c(c1)c(-c1ccccc1)[n+](CCCCCC(=O)O)c1cc(N)ccc21.[N-]=[N+]=Nc1ccc2c3ccc(N)cc3c(-c3ccccc3)[n+](CCCCCC(=O)O)c2c1. The molecule has 0 saturated heterocycles. The minimum absolute atomic E-state index is 0. The molecule has 22 heteroatoms. The molecule has 0 atom stereocenters. The van der Waals surface area contributed by atoms with Gasteiger partial charge in [0.1, 0.15) is 19.6 Å². The monoisotopic (exact) mass is 1400 g/mol. The zero-order valence-corrected chi connectivity index (χ0v) is 56.3. The second-order valence-electron chi connectivity index (χ2n) is 23.2. The summed E-state index contributed by atoms with van der Waals surface area (Å²) in [5, 5.41) is 44.0. The number of anilines is 4. The number of carbonyl (C=O) groups is 3. The number of rotatable bonds is 23. The van der Waals surface area contributed by atoms with E-state index in [1.165, 1.54) is 0 Å². The Bertz CT molecular complexity index is 4910. The average molecular weight is 1400 g/mol. The summed E-state index contributed by atoms with van der Waals surface area (Å²) in [5.41, 5.74) is 55.9. The fraction of sp³-hybridized carbons (Fsp3) is 0.200. The minimum atomic E-state index is -0.770. The molecule has 0 fully saturated rings. The van der Waals surface area contributed by atoms with Crippen molar-refractivity contribution in [1.29, 1.82) is 0 Å². The lowest BCUT2D eigenvalue weighted by Crippen LogP contribution is -3.00. The molecule has 0 aliphatic heterocycles. The van der Waals surface area contributed by atoms with Crippen molar-refractivity contribution in [3.8, 4) is 33.8 Å². The first kappa shape index (κ1) is 73.7. The smallest absolute Gasteiger partial charge is 0.303 e. The topological polar surface area (TPSA) is 325 Å². The predicted octanol–water partition coefficient (Wildman–Crippen LogP) is 8.00. The number of pyridine rings is 3. The van der Waals surface area contributed by atoms with Crippen LogP contribution in [0, 0.1) is 0 Å². The van der Waals surface area contributed by atoms with Gasteiger partial charge < -0.3 is 80.0 Å². The second kappa shape index (κ2) is 35.1. The highest BCUT2D eigenvalue weighted by atomic mass is 79.9. The molecular weight excluding hydrogens is 1330 g/mol. The van der Waals surface area contributed by atoms with E-state index in [0.29, 0.717) is 55.1 Å². The number of carboxylic acids is 3. The van der Waals surface area contributed by atoms with Crippen LogP contribution < -0.4 is 78.4 Å². The minimum Gasteiger partial charge on any atom is -1.00 e. The number of nitrogens with zero attached hydrogens (tertiary/aromatic N) is 9. The van der Waals surface area contributed by atoms with E-state index in [9.17, 15) is 14.4 Å². The predicted molar refractivity (Wildman–Crippen MR) is 375 cm³/mol. The van der Waals surface area contributed by atoms with E-state index in [1.54, 1.807) is 0 Å². The third kappa shape index (κ3) is 18.0. The van der Waals surface area contributed by atoms with Gasteiger partial charge in [-0.3, -0.25) is 14.4 Å². The Morgan fingerprint density at radius 2 is 0.619 bits per heavy atom. The molecule has 0 aliphatic rings. The molecule has 0 radical (unpaired) electrons. The molecule has 496 valence electrons. The molecule has 3 heterocycles. The van der Waals surface area contributed by atoms with Gasteiger partial charge in [0.2, 0.25) is 33.6 Å². The summed E-state index contributed by atoms with van der Waals surface area (Å²) in [6.07, 6.45) is 7.54. The summed E-state index contributed by atoms with van der Waals surface area (Å²) in [4.78, 5) is 38.5. The maximum atomic E-state index is 10.9. The summed E-state index contributed by atoms with van der Waals surface area (Å²) in [6.45, 7) is 2.19. The van der Waals surface area contributed by atoms with Crippen molar-refractivity contribution >= 4 is 117 Å². The van der Waals surface area contributed by atoms with Crippen molar-refractivity contribution < 1.29 is 85.2 Å². The number of benzene rings is 9. The Balaban J connectivity index is 0.000000202. The number of unbranched alkanes of at least 4 members (excludes halogenated alkanes) is 6. The lowest BCUT2D eigenvalue weighted by Gasteiger charge is -2.13. The van der Waals surface area contributed by atoms with E-state index in [1.807, 2.05) is 152 Å². The molecular formula is C75H74BrCl2N13O6. The molecule has 12 rings (SSSR count). The highest BCUT2D eigenvalue weighted by Crippen LogP contribution is 2.38. The third-order valence-electron chi connectivity index (χ3n) is 16.7. The summed E-state index contributed by atoms with van der Waals surface area (Å²) in [7, 11) is 0. The van der Waals surface area contributed by atoms with Crippen LogP contribution in [0.3, 0.4) is 0 Å². The second-order valence-corrected chi connectivity index (χ2v) is 23.2. The van der Waals surface area contributed by atoms with E-state index in [2.05, 4.69) is 82.3 Å². The molecule has 19 nitrogen and oxygen atoms in total. The summed E-state index contributed by atoms with van der Waals surface area (Å²) in [6, 6.07) is 65.9. The van der Waals surface area contributed by atoms with Crippen LogP contribution in [-0.2, 0) is 34.0 Å². The van der Waals surface area contributed by atoms with Gasteiger partial charge in [0.25, 0.3) is 0 Å². The van der Waals surface area contributed by atoms with Gasteiger partial charge in [0, 0.05) is 134 Å². The van der Waals surface area contributed by atoms with Gasteiger partial charge in [-0.05, 0) is 147 Å². The Labute approximate surface area is 583 Å². The van der Waals surface area contributed by atoms with E-state index in [-0.39, 0.29) is 61.1 Å². The van der Waals surface area contributed by atoms with Crippen LogP contribution in [0.5, 0.6) is 0 Å². The maximum absolute atomic E-state index is 10.9. The zero-order chi connectivity index (χ0) is 66.1. The molecule has 11 N–H and O–H groups in total. The van der Waals surface area contributed by atoms with Gasteiger partial charge in [0.05, 0.1) is 32.3 Å². The number of aromatic nitrogens is 3. The Hall–Kier alpha value is -10.7. The first-order valence-electron chi connectivity index (χ1n) is 31.4. The van der Waals surface area contributed by atoms with Gasteiger partial charge in [-0.15, -0.1) is 0 Å². The molecule has 3 aromatic heterocycles. The van der Waals surface area contributed by atoms with Gasteiger partial charge >= 0.3 is 17.9 Å². The Morgan fingerprint density at radius 3 is 0.948 bits per heavy atom. The summed E-state index contributed by atoms with van der Waals surface area (Å²) >= 11 is 0. The van der Waals surface area contributed by atoms with E-state index in [0.717, 1.165) is 155 Å². The van der Waals surface area contributed by atoms with Crippen LogP contribution in [0.25, 0.3) is 120 Å². The molecule has 0 unspecified atom stereocenters. The van der Waals surface area contributed by atoms with Gasteiger partial charge in [-0.2, -0.15) is 13.7 Å². The largest absolute Gasteiger partial charge is 1.00 e. The van der Waals surface area contributed by atoms with Crippen LogP contribution in [0.15, 0.2) is 210 Å². The molecule has 0 aliphatic carbocycles. The Kier molecular flexibility index (Phi) is 26.7. The van der Waals surface area contributed by atoms with Gasteiger partial charge in [-0.25, -0.2) is 0 Å². The fourth-order valence-corrected chi connectivity index (χ4v) is 12.5. The first-order chi connectivity index (χ1) is 45.7. The van der Waals surface area contributed by atoms with Crippen molar-refractivity contribution in [3.63, 3.8) is 0 Å². The van der Waals surface area contributed by atoms with Crippen molar-refractivity contribution in [2.45, 2.75) is 96.7 Å². The van der Waals surface area contributed by atoms with Crippen molar-refractivity contribution in [2.24, 2.45) is 10.2 Å². The number of fused-ring (bicyclic) bond motifs is 9. The van der Waals surface area contributed by atoms with Crippen LogP contribution in [0.2, 0.25) is 0 Å². The molecule has 12 aromatic rings. The number of aliphatic carboxylic acids is 3. The fourth-order valence-electron chi connectivity index (χ4n) is 12.5. The zero-order valence-electron chi connectivity index (χ0n) is 53.2. The lowest BCUT2D eigenvalue weighted by molar-refractivity contribution is -0.660. The van der Waals surface area contributed by atoms with Gasteiger partial charge in [0.15, 0.2) is 0 Å². The molecule has 0 saturated carbocycles. The standard InChI is InChI=1S/2C25H23N5O2.C25H25N3O2.BrH.2ClH/c26-18-10-12-21-20-13-11-19(28-29-27)16-22(20)25(17-7-3-1-4-8-17)30(23(21)15-18)14-6-2-5-9-24(31)32;26-18-10-12-20-21-13-11-19(28-29-27)16-23(21)30(14-6-2-5-9-24(31)32)25(22(20)15-18)17-7-3-1-4-8-17;26-18-10-12-20-21-13-11-19(27)16-23(21)28(14-6-2-5-9-24(29)30)25(22(20)15-18)17-7-3-1-4-8-17;;;/h1,3-4,7-8,10-13,15-16,26H,2,5-6,9,14H2,(H,31,32);1,3-4,7-8,10-13,15-16H,2,5-6,9,14,26H2;1,3-4,7-8,10-13,15-16,27H,2,5-6,9,14,26H2,(H,29,30);3*1H. The first-order valence-corrected chi connectivity index (χ1v) is 31.4. The van der Waals surface area contributed by atoms with Crippen LogP contribution >= 0.6 is 0 Å². The number of carboxylic acid groups (broad SMARTS) is 3. The van der Waals surface area contributed by atoms with Gasteiger partial charge in [-0.1, -0.05) is 95.2 Å². The summed E-state index contributed by atoms with van der Waals surface area (Å²) in [5.74, 6) is -2.28. The molecule has 0 amide bonds. The quantitative estimate of drug-likeness (QED) is 0.00615. The van der Waals surface area contributed by atoms with Crippen LogP contribution in [0.4, 0.5) is 34.1 Å². The number of aryl methyl sites for hydroxylation is 3. The maximum Gasteiger partial charge on any atom is 0.303 e. The Morgan fingerprint density at radius 1 is 0.340 bits per heavy atom. The number of hydrogen-bond donors (Lipinski definition) is 7. The normalized spacial score (nSPS) is 10.6. The third-order valence-corrected chi connectivity index (χ3v) is 16.7. The number of hydrogen-bond acceptors (Lipinski definition) is 9. The molecule has 9 aromatic carbocycles. The highest BCUT2D eigenvalue weighted by molar-refractivity contribution is 6.12. The number of nitrogens with two attached hydrogens (primary N) is 4. The molecule has 0 spiro atoms. The van der Waals surface area contributed by atoms with Crippen LogP contribution in [0.1, 0.15) is 77.0 Å². The van der Waals surface area contributed by atoms with Crippen LogP contribution in [-0.4, -0.2) is 33.2 Å². The number of azide groups is 2. The highest BCUT2D eigenvalue weighted by Gasteiger charge is 2.27.